The van der Waals surface area contributed by atoms with Gasteiger partial charge in [-0.05, 0) is 60.7 Å². The van der Waals surface area contributed by atoms with Gasteiger partial charge in [0.1, 0.15) is 12.3 Å². The van der Waals surface area contributed by atoms with Crippen LogP contribution in [0.3, 0.4) is 0 Å². The number of hydrogen-bond acceptors (Lipinski definition) is 7. The van der Waals surface area contributed by atoms with Gasteiger partial charge in [0.25, 0.3) is 11.8 Å². The molecule has 10 nitrogen and oxygen atoms in total. The molecule has 0 spiro atoms. The van der Waals surface area contributed by atoms with E-state index in [4.69, 9.17) is 9.47 Å². The summed E-state index contributed by atoms with van der Waals surface area (Å²) >= 11 is 0. The van der Waals surface area contributed by atoms with Crippen molar-refractivity contribution in [3.8, 4) is 5.75 Å². The molecule has 1 aliphatic heterocycles. The van der Waals surface area contributed by atoms with Crippen molar-refractivity contribution < 1.29 is 27.5 Å². The van der Waals surface area contributed by atoms with Gasteiger partial charge in [0.2, 0.25) is 10.0 Å². The van der Waals surface area contributed by atoms with Crippen molar-refractivity contribution in [1.82, 2.24) is 10.7 Å². The third-order valence-electron chi connectivity index (χ3n) is 5.53. The molecule has 1 heterocycles. The quantitative estimate of drug-likeness (QED) is 0.328. The number of ether oxygens (including phenoxy) is 2. The van der Waals surface area contributed by atoms with Crippen molar-refractivity contribution in [2.24, 2.45) is 5.10 Å². The summed E-state index contributed by atoms with van der Waals surface area (Å²) in [5, 5.41) is 6.71. The zero-order valence-electron chi connectivity index (χ0n) is 20.5. The van der Waals surface area contributed by atoms with E-state index in [1.54, 1.807) is 36.4 Å². The summed E-state index contributed by atoms with van der Waals surface area (Å²) in [5.41, 5.74) is 4.34. The number of carbonyl (C=O) groups excluding carboxylic acids is 2. The van der Waals surface area contributed by atoms with Gasteiger partial charge in [-0.25, -0.2) is 13.8 Å². The molecule has 1 fully saturated rings. The van der Waals surface area contributed by atoms with Crippen LogP contribution in [0, 0.1) is 0 Å². The van der Waals surface area contributed by atoms with Crippen molar-refractivity contribution in [3.05, 3.63) is 59.7 Å². The summed E-state index contributed by atoms with van der Waals surface area (Å²) in [7, 11) is -3.68. The van der Waals surface area contributed by atoms with Crippen molar-refractivity contribution in [2.45, 2.75) is 32.3 Å². The van der Waals surface area contributed by atoms with Gasteiger partial charge in [0, 0.05) is 13.2 Å². The van der Waals surface area contributed by atoms with Crippen molar-refractivity contribution >= 4 is 33.7 Å². The SMILES string of the molecule is CCc1ccccc1N(CC(=O)N/N=C\c1ccc(OCC(=O)NC[C@@H]2CCCO2)cc1)S(C)(=O)=O. The van der Waals surface area contributed by atoms with Crippen LogP contribution in [-0.4, -0.2) is 65.1 Å². The normalized spacial score (nSPS) is 15.6. The number of hydrogen-bond donors (Lipinski definition) is 2. The molecular formula is C25H32N4O6S. The lowest BCUT2D eigenvalue weighted by atomic mass is 10.1. The standard InChI is InChI=1S/C25H32N4O6S/c1-3-20-7-4-5-9-23(20)29(36(2,32)33)17-24(30)28-27-15-19-10-12-21(13-11-19)35-18-25(31)26-16-22-8-6-14-34-22/h4-5,7,9-13,15,22H,3,6,8,14,16-18H2,1-2H3,(H,26,31)(H,28,30)/b27-15-/t22-/m0/s1. The molecule has 11 heteroatoms. The minimum Gasteiger partial charge on any atom is -0.484 e. The molecule has 1 aliphatic rings. The Hall–Kier alpha value is -3.44. The van der Waals surface area contributed by atoms with Crippen LogP contribution in [-0.2, 0) is 30.8 Å². The summed E-state index contributed by atoms with van der Waals surface area (Å²) in [5.74, 6) is -0.276. The van der Waals surface area contributed by atoms with Crippen molar-refractivity contribution in [3.63, 3.8) is 0 Å². The first-order valence-corrected chi connectivity index (χ1v) is 13.6. The van der Waals surface area contributed by atoms with Crippen LogP contribution >= 0.6 is 0 Å². The zero-order chi connectivity index (χ0) is 26.0. The van der Waals surface area contributed by atoms with Gasteiger partial charge in [-0.3, -0.25) is 13.9 Å². The summed E-state index contributed by atoms with van der Waals surface area (Å²) in [6, 6.07) is 13.9. The number of amides is 2. The average molecular weight is 517 g/mol. The molecule has 0 aromatic heterocycles. The van der Waals surface area contributed by atoms with Gasteiger partial charge in [0.15, 0.2) is 6.61 Å². The largest absolute Gasteiger partial charge is 0.484 e. The van der Waals surface area contributed by atoms with E-state index in [0.717, 1.165) is 35.6 Å². The van der Waals surface area contributed by atoms with Crippen molar-refractivity contribution in [2.75, 3.05) is 36.9 Å². The molecule has 3 rings (SSSR count). The highest BCUT2D eigenvalue weighted by Crippen LogP contribution is 2.23. The number of aryl methyl sites for hydroxylation is 1. The third-order valence-corrected chi connectivity index (χ3v) is 6.66. The van der Waals surface area contributed by atoms with Crippen LogP contribution in [0.25, 0.3) is 0 Å². The van der Waals surface area contributed by atoms with Crippen LogP contribution in [0.15, 0.2) is 53.6 Å². The highest BCUT2D eigenvalue weighted by atomic mass is 32.2. The maximum absolute atomic E-state index is 12.4. The first-order valence-electron chi connectivity index (χ1n) is 11.7. The fraction of sp³-hybridized carbons (Fsp3) is 0.400. The topological polar surface area (TPSA) is 126 Å². The monoisotopic (exact) mass is 516 g/mol. The lowest BCUT2D eigenvalue weighted by Crippen LogP contribution is -2.39. The van der Waals surface area contributed by atoms with Crippen molar-refractivity contribution in [1.29, 1.82) is 0 Å². The fourth-order valence-electron chi connectivity index (χ4n) is 3.66. The van der Waals surface area contributed by atoms with Crippen LogP contribution < -0.4 is 19.8 Å². The number of nitrogens with one attached hydrogen (secondary N) is 2. The smallest absolute Gasteiger partial charge is 0.260 e. The molecule has 0 unspecified atom stereocenters. The van der Waals surface area contributed by atoms with E-state index < -0.39 is 22.5 Å². The van der Waals surface area contributed by atoms with E-state index in [-0.39, 0.29) is 18.6 Å². The Morgan fingerprint density at radius 2 is 1.92 bits per heavy atom. The number of carbonyl (C=O) groups is 2. The third kappa shape index (κ3) is 8.35. The summed E-state index contributed by atoms with van der Waals surface area (Å²) in [6.45, 7) is 2.64. The van der Waals surface area contributed by atoms with Crippen LogP contribution in [0.2, 0.25) is 0 Å². The molecule has 2 N–H and O–H groups in total. The van der Waals surface area contributed by atoms with Crippen LogP contribution in [0.1, 0.15) is 30.9 Å². The van der Waals surface area contributed by atoms with Gasteiger partial charge in [0.05, 0.1) is 24.3 Å². The highest BCUT2D eigenvalue weighted by Gasteiger charge is 2.22. The van der Waals surface area contributed by atoms with E-state index in [9.17, 15) is 18.0 Å². The maximum atomic E-state index is 12.4. The molecule has 1 saturated heterocycles. The van der Waals surface area contributed by atoms with E-state index in [1.807, 2.05) is 19.1 Å². The molecule has 0 bridgehead atoms. The molecular weight excluding hydrogens is 484 g/mol. The molecule has 1 atom stereocenters. The Kier molecular flexibility index (Phi) is 9.83. The predicted octanol–water partition coefficient (Wildman–Crippen LogP) is 1.84. The Labute approximate surface area is 211 Å². The predicted molar refractivity (Wildman–Crippen MR) is 138 cm³/mol. The van der Waals surface area contributed by atoms with E-state index >= 15 is 0 Å². The average Bonchev–Trinajstić information content (AvgIpc) is 3.39. The molecule has 2 aromatic carbocycles. The Morgan fingerprint density at radius 3 is 2.58 bits per heavy atom. The molecule has 0 saturated carbocycles. The second-order valence-corrected chi connectivity index (χ2v) is 10.2. The minimum atomic E-state index is -3.68. The summed E-state index contributed by atoms with van der Waals surface area (Å²) in [6.07, 6.45) is 5.17. The Bertz CT molecular complexity index is 1160. The van der Waals surface area contributed by atoms with E-state index in [1.165, 1.54) is 6.21 Å². The van der Waals surface area contributed by atoms with Crippen LogP contribution in [0.4, 0.5) is 5.69 Å². The zero-order valence-corrected chi connectivity index (χ0v) is 21.3. The number of rotatable bonds is 12. The Morgan fingerprint density at radius 1 is 1.17 bits per heavy atom. The van der Waals surface area contributed by atoms with E-state index in [2.05, 4.69) is 15.8 Å². The van der Waals surface area contributed by atoms with Gasteiger partial charge >= 0.3 is 0 Å². The van der Waals surface area contributed by atoms with Gasteiger partial charge in [-0.2, -0.15) is 5.10 Å². The maximum Gasteiger partial charge on any atom is 0.260 e. The summed E-state index contributed by atoms with van der Waals surface area (Å²) in [4.78, 5) is 24.3. The second kappa shape index (κ2) is 13.0. The van der Waals surface area contributed by atoms with E-state index in [0.29, 0.717) is 30.0 Å². The van der Waals surface area contributed by atoms with Gasteiger partial charge in [-0.15, -0.1) is 0 Å². The molecule has 0 radical (unpaired) electrons. The number of para-hydroxylation sites is 1. The number of benzene rings is 2. The Balaban J connectivity index is 1.47. The number of sulfonamides is 1. The molecule has 194 valence electrons. The minimum absolute atomic E-state index is 0.0783. The second-order valence-electron chi connectivity index (χ2n) is 8.34. The van der Waals surface area contributed by atoms with Gasteiger partial charge in [-0.1, -0.05) is 25.1 Å². The fourth-order valence-corrected chi connectivity index (χ4v) is 4.55. The number of hydrazone groups is 1. The summed E-state index contributed by atoms with van der Waals surface area (Å²) < 4.78 is 36.7. The number of nitrogens with zero attached hydrogens (tertiary/aromatic N) is 2. The lowest BCUT2D eigenvalue weighted by Gasteiger charge is -2.23. The molecule has 2 amide bonds. The lowest BCUT2D eigenvalue weighted by molar-refractivity contribution is -0.123. The molecule has 2 aromatic rings. The highest BCUT2D eigenvalue weighted by molar-refractivity contribution is 7.92. The first-order chi connectivity index (χ1) is 17.3. The molecule has 0 aliphatic carbocycles. The first kappa shape index (κ1) is 27.2. The van der Waals surface area contributed by atoms with Crippen LogP contribution in [0.5, 0.6) is 5.75 Å². The van der Waals surface area contributed by atoms with Gasteiger partial charge < -0.3 is 14.8 Å². The molecule has 36 heavy (non-hydrogen) atoms. The number of anilines is 1.